The number of methoxy groups -OCH3 is 2. The Morgan fingerprint density at radius 1 is 1.29 bits per heavy atom. The number of nitro groups is 1. The quantitative estimate of drug-likeness (QED) is 0.480. The van der Waals surface area contributed by atoms with Crippen molar-refractivity contribution in [1.29, 1.82) is 0 Å². The van der Waals surface area contributed by atoms with Gasteiger partial charge < -0.3 is 14.4 Å². The Morgan fingerprint density at radius 3 is 2.48 bits per heavy atom. The van der Waals surface area contributed by atoms with Crippen molar-refractivity contribution in [1.82, 2.24) is 0 Å². The van der Waals surface area contributed by atoms with Gasteiger partial charge in [-0.05, 0) is 12.8 Å². The summed E-state index contributed by atoms with van der Waals surface area (Å²) in [5.74, 6) is 0.174. The van der Waals surface area contributed by atoms with Gasteiger partial charge in [0.2, 0.25) is 0 Å². The minimum atomic E-state index is -0.437. The fraction of sp³-hybridized carbons (Fsp3) is 0.500. The molecule has 7 nitrogen and oxygen atoms in total. The van der Waals surface area contributed by atoms with E-state index in [-0.39, 0.29) is 17.6 Å². The fourth-order valence-electron chi connectivity index (χ4n) is 2.51. The molecule has 2 rings (SSSR count). The number of anilines is 1. The van der Waals surface area contributed by atoms with Crippen molar-refractivity contribution in [3.63, 3.8) is 0 Å². The maximum atomic E-state index is 11.5. The fourth-order valence-corrected chi connectivity index (χ4v) is 2.51. The van der Waals surface area contributed by atoms with Crippen molar-refractivity contribution >= 4 is 17.3 Å². The van der Waals surface area contributed by atoms with E-state index in [9.17, 15) is 14.9 Å². The summed E-state index contributed by atoms with van der Waals surface area (Å²) in [6.45, 7) is 1.31. The van der Waals surface area contributed by atoms with E-state index in [1.165, 1.54) is 26.4 Å². The van der Waals surface area contributed by atoms with E-state index < -0.39 is 4.92 Å². The van der Waals surface area contributed by atoms with Crippen molar-refractivity contribution in [2.24, 2.45) is 5.92 Å². The molecule has 1 fully saturated rings. The number of hydrogen-bond acceptors (Lipinski definition) is 6. The molecular formula is C14H18N2O5. The summed E-state index contributed by atoms with van der Waals surface area (Å²) < 4.78 is 9.86. The SMILES string of the molecule is COC(=O)C1CCN(c2cc(OC)cc([N+](=O)[O-])c2)CC1. The first kappa shape index (κ1) is 15.1. The molecule has 1 aliphatic heterocycles. The lowest BCUT2D eigenvalue weighted by Gasteiger charge is -2.32. The van der Waals surface area contributed by atoms with Crippen molar-refractivity contribution < 1.29 is 19.2 Å². The van der Waals surface area contributed by atoms with Crippen molar-refractivity contribution in [2.45, 2.75) is 12.8 Å². The molecule has 21 heavy (non-hydrogen) atoms. The summed E-state index contributed by atoms with van der Waals surface area (Å²) in [7, 11) is 2.87. The van der Waals surface area contributed by atoms with Crippen molar-refractivity contribution in [3.05, 3.63) is 28.3 Å². The number of nitrogens with zero attached hydrogens (tertiary/aromatic N) is 2. The number of nitro benzene ring substituents is 1. The van der Waals surface area contributed by atoms with Crippen LogP contribution in [0.5, 0.6) is 5.75 Å². The van der Waals surface area contributed by atoms with Crippen LogP contribution in [0.4, 0.5) is 11.4 Å². The van der Waals surface area contributed by atoms with E-state index in [1.807, 2.05) is 4.90 Å². The predicted molar refractivity (Wildman–Crippen MR) is 76.6 cm³/mol. The van der Waals surface area contributed by atoms with Gasteiger partial charge in [-0.25, -0.2) is 0 Å². The van der Waals surface area contributed by atoms with Crippen LogP contribution in [0, 0.1) is 16.0 Å². The molecule has 0 bridgehead atoms. The van der Waals surface area contributed by atoms with Crippen LogP contribution < -0.4 is 9.64 Å². The van der Waals surface area contributed by atoms with Gasteiger partial charge in [0.15, 0.2) is 0 Å². The highest BCUT2D eigenvalue weighted by Gasteiger charge is 2.26. The van der Waals surface area contributed by atoms with Gasteiger partial charge >= 0.3 is 5.97 Å². The highest BCUT2D eigenvalue weighted by Crippen LogP contribution is 2.31. The standard InChI is InChI=1S/C14H18N2O5/c1-20-13-8-11(7-12(9-13)16(18)19)15-5-3-10(4-6-15)14(17)21-2/h7-10H,3-6H2,1-2H3. The van der Waals surface area contributed by atoms with Gasteiger partial charge in [0.1, 0.15) is 5.75 Å². The van der Waals surface area contributed by atoms with Gasteiger partial charge in [-0.15, -0.1) is 0 Å². The Bertz CT molecular complexity index is 538. The third kappa shape index (κ3) is 3.42. The molecule has 1 aliphatic rings. The summed E-state index contributed by atoms with van der Waals surface area (Å²) >= 11 is 0. The zero-order valence-electron chi connectivity index (χ0n) is 12.1. The summed E-state index contributed by atoms with van der Waals surface area (Å²) in [4.78, 5) is 24.0. The molecule has 0 radical (unpaired) electrons. The molecule has 0 unspecified atom stereocenters. The normalized spacial score (nSPS) is 15.6. The first-order valence-corrected chi connectivity index (χ1v) is 6.71. The average Bonchev–Trinajstić information content (AvgIpc) is 2.53. The number of rotatable bonds is 4. The summed E-state index contributed by atoms with van der Waals surface area (Å²) in [6.07, 6.45) is 1.36. The molecule has 114 valence electrons. The summed E-state index contributed by atoms with van der Waals surface area (Å²) in [5.41, 5.74) is 0.740. The first-order valence-electron chi connectivity index (χ1n) is 6.71. The van der Waals surface area contributed by atoms with E-state index in [1.54, 1.807) is 6.07 Å². The highest BCUT2D eigenvalue weighted by molar-refractivity contribution is 5.72. The Hall–Kier alpha value is -2.31. The van der Waals surface area contributed by atoms with Crippen LogP contribution in [0.15, 0.2) is 18.2 Å². The Labute approximate surface area is 122 Å². The molecule has 0 aromatic heterocycles. The largest absolute Gasteiger partial charge is 0.496 e. The van der Waals surface area contributed by atoms with Gasteiger partial charge in [-0.1, -0.05) is 0 Å². The van der Waals surface area contributed by atoms with Gasteiger partial charge in [0.05, 0.1) is 31.1 Å². The van der Waals surface area contributed by atoms with E-state index in [4.69, 9.17) is 9.47 Å². The number of piperidine rings is 1. The number of hydrogen-bond donors (Lipinski definition) is 0. The van der Waals surface area contributed by atoms with Crippen LogP contribution in [0.1, 0.15) is 12.8 Å². The van der Waals surface area contributed by atoms with Gasteiger partial charge in [-0.2, -0.15) is 0 Å². The molecule has 1 heterocycles. The lowest BCUT2D eigenvalue weighted by molar-refractivity contribution is -0.384. The van der Waals surface area contributed by atoms with Gasteiger partial charge in [0.25, 0.3) is 5.69 Å². The Balaban J connectivity index is 2.14. The Morgan fingerprint density at radius 2 is 1.95 bits per heavy atom. The molecular weight excluding hydrogens is 276 g/mol. The molecule has 0 amide bonds. The molecule has 1 aromatic rings. The third-order valence-corrected chi connectivity index (χ3v) is 3.72. The van der Waals surface area contributed by atoms with Gasteiger partial charge in [0, 0.05) is 30.9 Å². The molecule has 0 saturated carbocycles. The number of benzene rings is 1. The van der Waals surface area contributed by atoms with E-state index >= 15 is 0 Å². The van der Waals surface area contributed by atoms with Crippen LogP contribution in [-0.2, 0) is 9.53 Å². The van der Waals surface area contributed by atoms with Crippen LogP contribution >= 0.6 is 0 Å². The van der Waals surface area contributed by atoms with Crippen LogP contribution in [-0.4, -0.2) is 38.2 Å². The zero-order chi connectivity index (χ0) is 15.4. The van der Waals surface area contributed by atoms with E-state index in [0.29, 0.717) is 31.7 Å². The number of non-ortho nitro benzene ring substituents is 1. The van der Waals surface area contributed by atoms with Gasteiger partial charge in [-0.3, -0.25) is 14.9 Å². The topological polar surface area (TPSA) is 81.9 Å². The van der Waals surface area contributed by atoms with Crippen LogP contribution in [0.25, 0.3) is 0 Å². The molecule has 7 heteroatoms. The van der Waals surface area contributed by atoms with Crippen molar-refractivity contribution in [2.75, 3.05) is 32.2 Å². The number of carbonyl (C=O) groups excluding carboxylic acids is 1. The number of ether oxygens (including phenoxy) is 2. The summed E-state index contributed by atoms with van der Waals surface area (Å²) in [6, 6.07) is 4.69. The molecule has 0 atom stereocenters. The molecule has 0 aliphatic carbocycles. The van der Waals surface area contributed by atoms with E-state index in [0.717, 1.165) is 5.69 Å². The molecule has 1 saturated heterocycles. The zero-order valence-corrected chi connectivity index (χ0v) is 12.1. The number of esters is 1. The summed E-state index contributed by atoms with van der Waals surface area (Å²) in [5, 5.41) is 11.0. The number of carbonyl (C=O) groups is 1. The minimum Gasteiger partial charge on any atom is -0.496 e. The predicted octanol–water partition coefficient (Wildman–Crippen LogP) is 1.99. The van der Waals surface area contributed by atoms with Crippen LogP contribution in [0.3, 0.4) is 0 Å². The third-order valence-electron chi connectivity index (χ3n) is 3.72. The minimum absolute atomic E-state index is 0.000517. The molecule has 0 N–H and O–H groups in total. The highest BCUT2D eigenvalue weighted by atomic mass is 16.6. The second-order valence-corrected chi connectivity index (χ2v) is 4.93. The molecule has 1 aromatic carbocycles. The van der Waals surface area contributed by atoms with Crippen molar-refractivity contribution in [3.8, 4) is 5.75 Å². The smallest absolute Gasteiger partial charge is 0.308 e. The monoisotopic (exact) mass is 294 g/mol. The lowest BCUT2D eigenvalue weighted by atomic mass is 9.96. The molecule has 0 spiro atoms. The second kappa shape index (κ2) is 6.43. The average molecular weight is 294 g/mol. The lowest BCUT2D eigenvalue weighted by Crippen LogP contribution is -2.36. The van der Waals surface area contributed by atoms with Crippen LogP contribution in [0.2, 0.25) is 0 Å². The maximum absolute atomic E-state index is 11.5. The first-order chi connectivity index (χ1) is 10.0. The van der Waals surface area contributed by atoms with E-state index in [2.05, 4.69) is 0 Å². The maximum Gasteiger partial charge on any atom is 0.308 e. The Kier molecular flexibility index (Phi) is 4.62. The second-order valence-electron chi connectivity index (χ2n) is 4.93.